The van der Waals surface area contributed by atoms with E-state index >= 15 is 0 Å². The van der Waals surface area contributed by atoms with Gasteiger partial charge in [0, 0.05) is 18.7 Å². The van der Waals surface area contributed by atoms with Gasteiger partial charge in [0.1, 0.15) is 5.76 Å². The van der Waals surface area contributed by atoms with Gasteiger partial charge in [0.05, 0.1) is 11.6 Å². The third-order valence-electron chi connectivity index (χ3n) is 5.69. The summed E-state index contributed by atoms with van der Waals surface area (Å²) in [5, 5.41) is 11.2. The molecule has 2 aromatic carbocycles. The molecule has 2 aliphatic rings. The average molecular weight is 422 g/mol. The summed E-state index contributed by atoms with van der Waals surface area (Å²) in [4.78, 5) is 29.6. The highest BCUT2D eigenvalue weighted by Crippen LogP contribution is 2.43. The first-order chi connectivity index (χ1) is 14.8. The minimum absolute atomic E-state index is 0.0938. The fourth-order valence-electron chi connectivity index (χ4n) is 3.98. The molecule has 2 heterocycles. The van der Waals surface area contributed by atoms with Crippen LogP contribution < -0.4 is 9.47 Å². The Morgan fingerprint density at radius 2 is 1.84 bits per heavy atom. The maximum absolute atomic E-state index is 13.1. The molecule has 1 amide bonds. The van der Waals surface area contributed by atoms with Gasteiger partial charge >= 0.3 is 0 Å². The number of aliphatic hydroxyl groups is 1. The monoisotopic (exact) mass is 422 g/mol. The highest BCUT2D eigenvalue weighted by Gasteiger charge is 2.46. The third-order valence-corrected chi connectivity index (χ3v) is 5.69. The van der Waals surface area contributed by atoms with Crippen molar-refractivity contribution >= 4 is 17.4 Å². The summed E-state index contributed by atoms with van der Waals surface area (Å²) < 4.78 is 10.9. The molecule has 31 heavy (non-hydrogen) atoms. The van der Waals surface area contributed by atoms with Gasteiger partial charge in [0.25, 0.3) is 11.7 Å². The summed E-state index contributed by atoms with van der Waals surface area (Å²) in [6.07, 6.45) is 0. The van der Waals surface area contributed by atoms with Gasteiger partial charge in [-0.15, -0.1) is 0 Å². The quantitative estimate of drug-likeness (QED) is 0.453. The second-order valence-electron chi connectivity index (χ2n) is 8.23. The van der Waals surface area contributed by atoms with Crippen LogP contribution in [0.25, 0.3) is 5.76 Å². The number of likely N-dealkylation sites (N-methyl/N-ethyl adjacent to an activating group) is 1. The van der Waals surface area contributed by atoms with Crippen LogP contribution in [-0.4, -0.2) is 60.6 Å². The van der Waals surface area contributed by atoms with Crippen molar-refractivity contribution in [1.29, 1.82) is 0 Å². The maximum atomic E-state index is 13.1. The molecule has 0 radical (unpaired) electrons. The molecule has 0 spiro atoms. The van der Waals surface area contributed by atoms with E-state index in [1.54, 1.807) is 12.1 Å². The Bertz CT molecular complexity index is 1090. The van der Waals surface area contributed by atoms with Crippen LogP contribution in [0.1, 0.15) is 28.3 Å². The molecule has 1 N–H and O–H groups in total. The first-order valence-corrected chi connectivity index (χ1v) is 10.2. The molecule has 0 aliphatic carbocycles. The average Bonchev–Trinajstić information content (AvgIpc) is 3.30. The Kier molecular flexibility index (Phi) is 5.45. The van der Waals surface area contributed by atoms with Gasteiger partial charge in [-0.1, -0.05) is 23.8 Å². The number of nitrogens with zero attached hydrogens (tertiary/aromatic N) is 2. The van der Waals surface area contributed by atoms with E-state index in [-0.39, 0.29) is 18.1 Å². The molecule has 0 saturated carbocycles. The molecular weight excluding hydrogens is 396 g/mol. The third kappa shape index (κ3) is 3.77. The lowest BCUT2D eigenvalue weighted by atomic mass is 9.93. The van der Waals surface area contributed by atoms with E-state index in [4.69, 9.17) is 9.47 Å². The fraction of sp³-hybridized carbons (Fsp3) is 0.333. The largest absolute Gasteiger partial charge is 0.507 e. The molecule has 7 nitrogen and oxygen atoms in total. The molecule has 1 atom stereocenters. The van der Waals surface area contributed by atoms with Gasteiger partial charge in [-0.3, -0.25) is 9.59 Å². The van der Waals surface area contributed by atoms with Crippen LogP contribution in [0.15, 0.2) is 42.0 Å². The van der Waals surface area contributed by atoms with Gasteiger partial charge < -0.3 is 24.4 Å². The van der Waals surface area contributed by atoms with Crippen LogP contribution in [0.2, 0.25) is 0 Å². The number of ketones is 1. The van der Waals surface area contributed by atoms with E-state index in [1.165, 1.54) is 4.90 Å². The molecule has 2 aromatic rings. The number of ether oxygens (including phenoxy) is 2. The van der Waals surface area contributed by atoms with Crippen molar-refractivity contribution in [3.05, 3.63) is 64.2 Å². The van der Waals surface area contributed by atoms with Crippen molar-refractivity contribution < 1.29 is 24.2 Å². The lowest BCUT2D eigenvalue weighted by Crippen LogP contribution is -2.35. The molecule has 0 unspecified atom stereocenters. The lowest BCUT2D eigenvalue weighted by Gasteiger charge is -2.26. The predicted octanol–water partition coefficient (Wildman–Crippen LogP) is 3.02. The topological polar surface area (TPSA) is 79.3 Å². The van der Waals surface area contributed by atoms with Crippen molar-refractivity contribution in [2.75, 3.05) is 34.0 Å². The summed E-state index contributed by atoms with van der Waals surface area (Å²) in [5.41, 5.74) is 3.11. The number of fused-ring (bicyclic) bond motifs is 1. The number of aliphatic hydroxyl groups excluding tert-OH is 1. The molecule has 1 saturated heterocycles. The van der Waals surface area contributed by atoms with Crippen LogP contribution >= 0.6 is 0 Å². The first-order valence-electron chi connectivity index (χ1n) is 10.2. The summed E-state index contributed by atoms with van der Waals surface area (Å²) in [6.45, 7) is 4.84. The molecular formula is C24H26N2O5. The molecule has 0 aromatic heterocycles. The van der Waals surface area contributed by atoms with Gasteiger partial charge in [-0.25, -0.2) is 0 Å². The zero-order valence-electron chi connectivity index (χ0n) is 18.1. The zero-order chi connectivity index (χ0) is 22.3. The van der Waals surface area contributed by atoms with E-state index in [9.17, 15) is 14.7 Å². The second kappa shape index (κ2) is 8.07. The fourth-order valence-corrected chi connectivity index (χ4v) is 3.98. The van der Waals surface area contributed by atoms with E-state index in [2.05, 4.69) is 0 Å². The molecule has 1 fully saturated rings. The summed E-state index contributed by atoms with van der Waals surface area (Å²) >= 11 is 0. The van der Waals surface area contributed by atoms with Crippen LogP contribution in [0, 0.1) is 13.8 Å². The Labute approximate surface area is 181 Å². The van der Waals surface area contributed by atoms with E-state index in [0.717, 1.165) is 11.1 Å². The van der Waals surface area contributed by atoms with Crippen molar-refractivity contribution in [1.82, 2.24) is 9.80 Å². The summed E-state index contributed by atoms with van der Waals surface area (Å²) in [7, 11) is 3.81. The minimum atomic E-state index is -0.714. The minimum Gasteiger partial charge on any atom is -0.507 e. The highest BCUT2D eigenvalue weighted by atomic mass is 16.7. The molecule has 7 heteroatoms. The van der Waals surface area contributed by atoms with E-state index in [0.29, 0.717) is 35.7 Å². The zero-order valence-corrected chi connectivity index (χ0v) is 18.1. The van der Waals surface area contributed by atoms with Crippen LogP contribution in [0.4, 0.5) is 0 Å². The van der Waals surface area contributed by atoms with Crippen LogP contribution in [0.3, 0.4) is 0 Å². The van der Waals surface area contributed by atoms with Crippen LogP contribution in [0.5, 0.6) is 11.5 Å². The smallest absolute Gasteiger partial charge is 0.295 e. The number of carbonyl (C=O) groups is 2. The molecule has 162 valence electrons. The Balaban J connectivity index is 1.88. The Morgan fingerprint density at radius 3 is 2.58 bits per heavy atom. The van der Waals surface area contributed by atoms with Crippen molar-refractivity contribution in [3.8, 4) is 11.5 Å². The Morgan fingerprint density at radius 1 is 1.10 bits per heavy atom. The number of carbonyl (C=O) groups excluding carboxylic acids is 2. The normalized spacial score (nSPS) is 19.5. The van der Waals surface area contributed by atoms with E-state index in [1.807, 2.05) is 57.1 Å². The Hall–Kier alpha value is -3.32. The number of rotatable bonds is 5. The van der Waals surface area contributed by atoms with Gasteiger partial charge in [-0.05, 0) is 57.3 Å². The molecule has 0 bridgehead atoms. The van der Waals surface area contributed by atoms with Crippen molar-refractivity contribution in [2.24, 2.45) is 0 Å². The highest BCUT2D eigenvalue weighted by molar-refractivity contribution is 6.46. The second-order valence-corrected chi connectivity index (χ2v) is 8.23. The number of amides is 1. The number of benzene rings is 2. The van der Waals surface area contributed by atoms with Crippen LogP contribution in [-0.2, 0) is 9.59 Å². The first kappa shape index (κ1) is 20.9. The van der Waals surface area contributed by atoms with E-state index < -0.39 is 17.7 Å². The maximum Gasteiger partial charge on any atom is 0.295 e. The lowest BCUT2D eigenvalue weighted by molar-refractivity contribution is -0.140. The number of hydrogen-bond donors (Lipinski definition) is 1. The van der Waals surface area contributed by atoms with Crippen molar-refractivity contribution in [2.45, 2.75) is 19.9 Å². The SMILES string of the molecule is Cc1ccc(C)c(C(O)=C2C(=O)C(=O)N(CCN(C)C)[C@@H]2c2ccc3c(c2)OCO3)c1. The van der Waals surface area contributed by atoms with Gasteiger partial charge in [0.2, 0.25) is 6.79 Å². The number of Topliss-reactive ketones (excluding diaryl/α,β-unsaturated/α-hetero) is 1. The number of aryl methyl sites for hydroxylation is 2. The predicted molar refractivity (Wildman–Crippen MR) is 116 cm³/mol. The van der Waals surface area contributed by atoms with Gasteiger partial charge in [-0.2, -0.15) is 0 Å². The molecule has 4 rings (SSSR count). The number of hydrogen-bond acceptors (Lipinski definition) is 6. The van der Waals surface area contributed by atoms with Crippen molar-refractivity contribution in [3.63, 3.8) is 0 Å². The number of likely N-dealkylation sites (tertiary alicyclic amines) is 1. The molecule has 2 aliphatic heterocycles. The van der Waals surface area contributed by atoms with Gasteiger partial charge in [0.15, 0.2) is 11.5 Å². The standard InChI is InChI=1S/C24H26N2O5/c1-14-5-6-15(2)17(11-14)22(27)20-21(16-7-8-18-19(12-16)31-13-30-18)26(10-9-25(3)4)24(29)23(20)28/h5-8,11-12,21,27H,9-10,13H2,1-4H3/t21-/m1/s1. The summed E-state index contributed by atoms with van der Waals surface area (Å²) in [5.74, 6) is -0.281. The summed E-state index contributed by atoms with van der Waals surface area (Å²) in [6, 6.07) is 10.3.